The molecule has 1 saturated heterocycles. The second-order valence-electron chi connectivity index (χ2n) is 9.51. The highest BCUT2D eigenvalue weighted by Gasteiger charge is 2.33. The van der Waals surface area contributed by atoms with E-state index in [4.69, 9.17) is 10.5 Å². The predicted octanol–water partition coefficient (Wildman–Crippen LogP) is 6.14. The first-order chi connectivity index (χ1) is 18.7. The first kappa shape index (κ1) is 26.3. The fourth-order valence-corrected chi connectivity index (χ4v) is 4.83. The molecular formula is C29H28F3N5O2. The van der Waals surface area contributed by atoms with E-state index < -0.39 is 17.6 Å². The topological polar surface area (TPSA) is 87.5 Å². The number of alkyl halides is 3. The van der Waals surface area contributed by atoms with Crippen LogP contribution in [-0.2, 0) is 6.18 Å². The molecule has 0 radical (unpaired) electrons. The van der Waals surface area contributed by atoms with Crippen LogP contribution < -0.4 is 15.4 Å². The Bertz CT molecular complexity index is 1460. The van der Waals surface area contributed by atoms with Crippen LogP contribution in [-0.4, -0.2) is 47.0 Å². The van der Waals surface area contributed by atoms with Gasteiger partial charge in [0.2, 0.25) is 0 Å². The van der Waals surface area contributed by atoms with Crippen molar-refractivity contribution in [3.05, 3.63) is 90.3 Å². The van der Waals surface area contributed by atoms with E-state index in [0.717, 1.165) is 42.8 Å². The Balaban J connectivity index is 1.66. The SMILES string of the molecule is CN1CCC[C@@H]1COc1cc(N(c2cccc(-c3ccc[nH]3)c2)c2ncccc2C(N)=O)cc(C(F)(F)F)c1. The lowest BCUT2D eigenvalue weighted by Gasteiger charge is -2.27. The fraction of sp³-hybridized carbons (Fsp3) is 0.241. The van der Waals surface area contributed by atoms with Gasteiger partial charge < -0.3 is 20.4 Å². The first-order valence-electron chi connectivity index (χ1n) is 12.5. The van der Waals surface area contributed by atoms with E-state index in [1.807, 2.05) is 25.2 Å². The molecule has 0 spiro atoms. The molecule has 0 saturated carbocycles. The molecule has 1 fully saturated rings. The molecule has 7 nitrogen and oxygen atoms in total. The average Bonchev–Trinajstić information content (AvgIpc) is 3.60. The molecule has 3 N–H and O–H groups in total. The highest BCUT2D eigenvalue weighted by Crippen LogP contribution is 2.42. The molecular weight excluding hydrogens is 507 g/mol. The van der Waals surface area contributed by atoms with Crippen molar-refractivity contribution in [3.8, 4) is 17.0 Å². The van der Waals surface area contributed by atoms with E-state index >= 15 is 0 Å². The number of carbonyl (C=O) groups excluding carboxylic acids is 1. The number of aromatic amines is 1. The van der Waals surface area contributed by atoms with Crippen LogP contribution in [0.3, 0.4) is 0 Å². The number of primary amides is 1. The Morgan fingerprint density at radius 1 is 1.13 bits per heavy atom. The minimum absolute atomic E-state index is 0.0650. The van der Waals surface area contributed by atoms with E-state index in [-0.39, 0.29) is 35.5 Å². The van der Waals surface area contributed by atoms with Gasteiger partial charge in [-0.3, -0.25) is 9.69 Å². The van der Waals surface area contributed by atoms with Crippen molar-refractivity contribution in [1.82, 2.24) is 14.9 Å². The van der Waals surface area contributed by atoms with Crippen molar-refractivity contribution >= 4 is 23.1 Å². The smallest absolute Gasteiger partial charge is 0.416 e. The number of hydrogen-bond acceptors (Lipinski definition) is 5. The van der Waals surface area contributed by atoms with Crippen LogP contribution in [0.25, 0.3) is 11.3 Å². The van der Waals surface area contributed by atoms with Crippen molar-refractivity contribution in [2.45, 2.75) is 25.1 Å². The van der Waals surface area contributed by atoms with E-state index in [2.05, 4.69) is 14.9 Å². The molecule has 1 aliphatic heterocycles. The minimum atomic E-state index is -4.63. The number of benzene rings is 2. The zero-order valence-corrected chi connectivity index (χ0v) is 21.3. The molecule has 1 amide bonds. The zero-order valence-electron chi connectivity index (χ0n) is 21.3. The lowest BCUT2D eigenvalue weighted by molar-refractivity contribution is -0.137. The summed E-state index contributed by atoms with van der Waals surface area (Å²) in [5.74, 6) is -0.576. The molecule has 1 aliphatic rings. The molecule has 2 aromatic heterocycles. The third-order valence-corrected chi connectivity index (χ3v) is 6.87. The number of amides is 1. The number of hydrogen-bond donors (Lipinski definition) is 2. The molecule has 10 heteroatoms. The Morgan fingerprint density at radius 3 is 2.67 bits per heavy atom. The zero-order chi connectivity index (χ0) is 27.6. The molecule has 0 aliphatic carbocycles. The number of aromatic nitrogens is 2. The van der Waals surface area contributed by atoms with Crippen molar-refractivity contribution in [3.63, 3.8) is 0 Å². The highest BCUT2D eigenvalue weighted by molar-refractivity contribution is 6.00. The number of nitrogens with one attached hydrogen (secondary N) is 1. The number of carbonyl (C=O) groups is 1. The maximum Gasteiger partial charge on any atom is 0.416 e. The number of nitrogens with two attached hydrogens (primary N) is 1. The predicted molar refractivity (Wildman–Crippen MR) is 143 cm³/mol. The summed E-state index contributed by atoms with van der Waals surface area (Å²) in [7, 11) is 1.98. The number of halogens is 3. The van der Waals surface area contributed by atoms with Gasteiger partial charge in [0.25, 0.3) is 5.91 Å². The Labute approximate surface area is 224 Å². The van der Waals surface area contributed by atoms with Crippen molar-refractivity contribution < 1.29 is 22.7 Å². The third-order valence-electron chi connectivity index (χ3n) is 6.87. The average molecular weight is 536 g/mol. The molecule has 3 heterocycles. The molecule has 1 atom stereocenters. The summed E-state index contributed by atoms with van der Waals surface area (Å²) in [6.07, 6.45) is 0.536. The number of ether oxygens (including phenoxy) is 1. The summed E-state index contributed by atoms with van der Waals surface area (Å²) in [5.41, 5.74) is 7.08. The lowest BCUT2D eigenvalue weighted by Crippen LogP contribution is -2.30. The second kappa shape index (κ2) is 10.8. The van der Waals surface area contributed by atoms with Crippen molar-refractivity contribution in [2.75, 3.05) is 25.1 Å². The van der Waals surface area contributed by atoms with Gasteiger partial charge in [-0.05, 0) is 80.5 Å². The third kappa shape index (κ3) is 5.75. The number of nitrogens with zero attached hydrogens (tertiary/aromatic N) is 3. The van der Waals surface area contributed by atoms with E-state index in [1.54, 1.807) is 30.5 Å². The number of H-pyrrole nitrogens is 1. The molecule has 0 bridgehead atoms. The molecule has 5 rings (SSSR count). The number of anilines is 3. The normalized spacial score (nSPS) is 15.8. The van der Waals surface area contributed by atoms with Crippen LogP contribution in [0.4, 0.5) is 30.4 Å². The molecule has 202 valence electrons. The van der Waals surface area contributed by atoms with Gasteiger partial charge in [0.1, 0.15) is 18.2 Å². The fourth-order valence-electron chi connectivity index (χ4n) is 4.83. The lowest BCUT2D eigenvalue weighted by atomic mass is 10.1. The summed E-state index contributed by atoms with van der Waals surface area (Å²) in [6.45, 7) is 1.18. The Morgan fingerprint density at radius 2 is 1.97 bits per heavy atom. The number of likely N-dealkylation sites (tertiary alicyclic amines) is 1. The van der Waals surface area contributed by atoms with Gasteiger partial charge in [-0.2, -0.15) is 13.2 Å². The van der Waals surface area contributed by atoms with E-state index in [1.165, 1.54) is 23.2 Å². The number of likely N-dealkylation sites (N-methyl/N-ethyl adjacent to an activating group) is 1. The van der Waals surface area contributed by atoms with Crippen LogP contribution >= 0.6 is 0 Å². The van der Waals surface area contributed by atoms with Crippen molar-refractivity contribution in [1.29, 1.82) is 0 Å². The van der Waals surface area contributed by atoms with E-state index in [0.29, 0.717) is 5.69 Å². The van der Waals surface area contributed by atoms with Crippen LogP contribution in [0.5, 0.6) is 5.75 Å². The summed E-state index contributed by atoms with van der Waals surface area (Å²) < 4.78 is 48.2. The minimum Gasteiger partial charge on any atom is -0.492 e. The van der Waals surface area contributed by atoms with Gasteiger partial charge in [0, 0.05) is 35.9 Å². The number of rotatable bonds is 8. The van der Waals surface area contributed by atoms with Crippen LogP contribution in [0.1, 0.15) is 28.8 Å². The summed E-state index contributed by atoms with van der Waals surface area (Å²) in [4.78, 5) is 23.5. The Kier molecular flexibility index (Phi) is 7.30. The van der Waals surface area contributed by atoms with Gasteiger partial charge in [-0.15, -0.1) is 0 Å². The van der Waals surface area contributed by atoms with Gasteiger partial charge in [0.15, 0.2) is 0 Å². The standard InChI is InChI=1S/C29H28F3N5O2/c1-36-13-5-8-22(36)18-39-24-16-20(29(30,31)32)15-23(17-24)37(28-25(27(33)38)9-3-12-35-28)21-7-2-6-19(14-21)26-10-4-11-34-26/h2-4,6-7,9-12,14-17,22,34H,5,8,13,18H2,1H3,(H2,33,38)/t22-/m1/s1. The van der Waals surface area contributed by atoms with E-state index in [9.17, 15) is 18.0 Å². The molecule has 0 unspecified atom stereocenters. The maximum atomic E-state index is 14.1. The first-order valence-corrected chi connectivity index (χ1v) is 12.5. The van der Waals surface area contributed by atoms with Crippen molar-refractivity contribution in [2.24, 2.45) is 5.73 Å². The molecule has 4 aromatic rings. The van der Waals surface area contributed by atoms with Crippen LogP contribution in [0.2, 0.25) is 0 Å². The summed E-state index contributed by atoms with van der Waals surface area (Å²) in [5, 5.41) is 0. The quantitative estimate of drug-likeness (QED) is 0.283. The molecule has 2 aromatic carbocycles. The summed E-state index contributed by atoms with van der Waals surface area (Å²) in [6, 6.07) is 17.7. The van der Waals surface area contributed by atoms with Gasteiger partial charge in [-0.1, -0.05) is 12.1 Å². The van der Waals surface area contributed by atoms with Crippen LogP contribution in [0.15, 0.2) is 79.1 Å². The maximum absolute atomic E-state index is 14.1. The van der Waals surface area contributed by atoms with Gasteiger partial charge in [-0.25, -0.2) is 4.98 Å². The largest absolute Gasteiger partial charge is 0.492 e. The van der Waals surface area contributed by atoms with Gasteiger partial charge >= 0.3 is 6.18 Å². The second-order valence-corrected chi connectivity index (χ2v) is 9.51. The monoisotopic (exact) mass is 535 g/mol. The van der Waals surface area contributed by atoms with Gasteiger partial charge in [0.05, 0.1) is 16.8 Å². The highest BCUT2D eigenvalue weighted by atomic mass is 19.4. The Hall–Kier alpha value is -4.31. The number of pyridine rings is 1. The summed E-state index contributed by atoms with van der Waals surface area (Å²) >= 11 is 0. The van der Waals surface area contributed by atoms with Crippen LogP contribution in [0, 0.1) is 0 Å². The molecule has 39 heavy (non-hydrogen) atoms.